The summed E-state index contributed by atoms with van der Waals surface area (Å²) >= 11 is 0. The molecular weight excluding hydrogens is 381 g/mol. The standard InChI is InChI=1S/C22H32FN7/c1-14-6-7-17(12-19(14)23)22(20(26)8-9-24)28-16(3)21-5-4-10-30(21)15(2)11-18(13-25)29-27/h6-9,12-13,21-22,24,28-29H,2-5,10-11,25-27H2,1H3/b18-13-,20-8-,24-9?. The summed E-state index contributed by atoms with van der Waals surface area (Å²) in [7, 11) is 0. The molecule has 0 aliphatic carbocycles. The van der Waals surface area contributed by atoms with E-state index >= 15 is 0 Å². The van der Waals surface area contributed by atoms with Crippen LogP contribution in [0, 0.1) is 18.2 Å². The van der Waals surface area contributed by atoms with Gasteiger partial charge in [0.05, 0.1) is 12.1 Å². The van der Waals surface area contributed by atoms with Crippen molar-refractivity contribution in [1.82, 2.24) is 15.6 Å². The van der Waals surface area contributed by atoms with Crippen LogP contribution < -0.4 is 28.1 Å². The first-order chi connectivity index (χ1) is 14.3. The Hall–Kier alpha value is -3.26. The van der Waals surface area contributed by atoms with Gasteiger partial charge in [0.1, 0.15) is 5.82 Å². The second kappa shape index (κ2) is 10.5. The van der Waals surface area contributed by atoms with Gasteiger partial charge in [-0.2, -0.15) is 0 Å². The maximum absolute atomic E-state index is 14.2. The van der Waals surface area contributed by atoms with E-state index in [2.05, 4.69) is 28.8 Å². The molecule has 0 spiro atoms. The molecule has 0 amide bonds. The Labute approximate surface area is 177 Å². The summed E-state index contributed by atoms with van der Waals surface area (Å²) in [5, 5.41) is 10.7. The number of allylic oxidation sites excluding steroid dienone is 1. The van der Waals surface area contributed by atoms with E-state index in [1.807, 2.05) is 6.07 Å². The zero-order valence-electron chi connectivity index (χ0n) is 17.4. The molecule has 2 atom stereocenters. The molecule has 0 saturated carbocycles. The van der Waals surface area contributed by atoms with Crippen LogP contribution in [0.1, 0.15) is 36.4 Å². The Morgan fingerprint density at radius 2 is 2.17 bits per heavy atom. The van der Waals surface area contributed by atoms with E-state index in [1.165, 1.54) is 18.3 Å². The average molecular weight is 414 g/mol. The lowest BCUT2D eigenvalue weighted by Crippen LogP contribution is -2.38. The normalized spacial score (nSPS) is 18.1. The predicted molar refractivity (Wildman–Crippen MR) is 120 cm³/mol. The molecule has 7 nitrogen and oxygen atoms in total. The van der Waals surface area contributed by atoms with Crippen molar-refractivity contribution < 1.29 is 4.39 Å². The third-order valence-electron chi connectivity index (χ3n) is 5.31. The minimum Gasteiger partial charge on any atom is -0.403 e. The molecule has 1 aliphatic heterocycles. The van der Waals surface area contributed by atoms with Gasteiger partial charge in [-0.25, -0.2) is 4.39 Å². The quantitative estimate of drug-likeness (QED) is 0.198. The summed E-state index contributed by atoms with van der Waals surface area (Å²) in [6, 6.07) is 4.49. The van der Waals surface area contributed by atoms with Crippen molar-refractivity contribution in [3.8, 4) is 0 Å². The molecule has 9 N–H and O–H groups in total. The third-order valence-corrected chi connectivity index (χ3v) is 5.31. The topological polar surface area (TPSA) is 129 Å². The minimum atomic E-state index is -0.505. The predicted octanol–water partition coefficient (Wildman–Crippen LogP) is 2.40. The van der Waals surface area contributed by atoms with Gasteiger partial charge in [0.15, 0.2) is 0 Å². The molecule has 2 unspecified atom stereocenters. The van der Waals surface area contributed by atoms with Crippen molar-refractivity contribution in [2.75, 3.05) is 6.54 Å². The SMILES string of the molecule is C=C(NC(/C(N)=C/C=N)c1ccc(C)c(F)c1)C1CCCN1C(=C)C/C(=C/N)NN. The number of likely N-dealkylation sites (tertiary alicyclic amines) is 1. The number of hydrogen-bond acceptors (Lipinski definition) is 7. The Balaban J connectivity index is 2.23. The number of aryl methyl sites for hydroxylation is 1. The van der Waals surface area contributed by atoms with E-state index < -0.39 is 6.04 Å². The first kappa shape index (κ1) is 23.0. The molecule has 1 aromatic carbocycles. The highest BCUT2D eigenvalue weighted by Gasteiger charge is 2.29. The van der Waals surface area contributed by atoms with Crippen molar-refractivity contribution in [2.24, 2.45) is 17.3 Å². The van der Waals surface area contributed by atoms with Gasteiger partial charge in [0.2, 0.25) is 0 Å². The van der Waals surface area contributed by atoms with Crippen LogP contribution >= 0.6 is 0 Å². The smallest absolute Gasteiger partial charge is 0.126 e. The minimum absolute atomic E-state index is 0.000115. The highest BCUT2D eigenvalue weighted by Crippen LogP contribution is 2.30. The first-order valence-electron chi connectivity index (χ1n) is 9.81. The summed E-state index contributed by atoms with van der Waals surface area (Å²) in [4.78, 5) is 2.17. The van der Waals surface area contributed by atoms with Crippen LogP contribution in [0.2, 0.25) is 0 Å². The summed E-state index contributed by atoms with van der Waals surface area (Å²) < 4.78 is 14.2. The zero-order valence-corrected chi connectivity index (χ0v) is 17.4. The van der Waals surface area contributed by atoms with Crippen molar-refractivity contribution >= 4 is 6.21 Å². The summed E-state index contributed by atoms with van der Waals surface area (Å²) in [5.41, 5.74) is 18.3. The zero-order chi connectivity index (χ0) is 22.3. The third kappa shape index (κ3) is 5.42. The number of nitrogens with zero attached hydrogens (tertiary/aromatic N) is 1. The number of rotatable bonds is 10. The summed E-state index contributed by atoms with van der Waals surface area (Å²) in [6.07, 6.45) is 6.40. The number of hydrazine groups is 1. The highest BCUT2D eigenvalue weighted by molar-refractivity contribution is 5.69. The number of benzene rings is 1. The molecule has 1 fully saturated rings. The van der Waals surface area contributed by atoms with E-state index in [0.717, 1.165) is 37.0 Å². The lowest BCUT2D eigenvalue weighted by molar-refractivity contribution is 0.332. The molecule has 0 bridgehead atoms. The summed E-state index contributed by atoms with van der Waals surface area (Å²) in [6.45, 7) is 11.0. The van der Waals surface area contributed by atoms with E-state index in [1.54, 1.807) is 13.0 Å². The fourth-order valence-corrected chi connectivity index (χ4v) is 3.61. The van der Waals surface area contributed by atoms with Gasteiger partial charge in [-0.05, 0) is 43.0 Å². The van der Waals surface area contributed by atoms with Crippen molar-refractivity contribution in [3.63, 3.8) is 0 Å². The van der Waals surface area contributed by atoms with E-state index in [9.17, 15) is 4.39 Å². The van der Waals surface area contributed by atoms with Crippen LogP contribution in [0.3, 0.4) is 0 Å². The van der Waals surface area contributed by atoms with Gasteiger partial charge < -0.3 is 32.5 Å². The number of hydrogen-bond donors (Lipinski definition) is 6. The molecule has 1 saturated heterocycles. The Morgan fingerprint density at radius 1 is 1.43 bits per heavy atom. The molecule has 1 aliphatic rings. The summed E-state index contributed by atoms with van der Waals surface area (Å²) in [5.74, 6) is 5.18. The van der Waals surface area contributed by atoms with Crippen molar-refractivity contribution in [3.05, 3.63) is 83.4 Å². The van der Waals surface area contributed by atoms with Gasteiger partial charge in [0, 0.05) is 48.2 Å². The van der Waals surface area contributed by atoms with Crippen LogP contribution in [0.15, 0.2) is 66.4 Å². The lowest BCUT2D eigenvalue weighted by Gasteiger charge is -2.33. The molecule has 1 aromatic rings. The van der Waals surface area contributed by atoms with Gasteiger partial charge >= 0.3 is 0 Å². The van der Waals surface area contributed by atoms with Crippen LogP contribution in [-0.2, 0) is 0 Å². The van der Waals surface area contributed by atoms with Gasteiger partial charge in [-0.15, -0.1) is 0 Å². The lowest BCUT2D eigenvalue weighted by atomic mass is 10.00. The molecule has 8 heteroatoms. The maximum Gasteiger partial charge on any atom is 0.126 e. The molecule has 0 aromatic heterocycles. The van der Waals surface area contributed by atoms with Crippen LogP contribution in [-0.4, -0.2) is 23.7 Å². The first-order valence-corrected chi connectivity index (χ1v) is 9.81. The monoisotopic (exact) mass is 413 g/mol. The van der Waals surface area contributed by atoms with Crippen molar-refractivity contribution in [2.45, 2.75) is 38.3 Å². The maximum atomic E-state index is 14.2. The Kier molecular flexibility index (Phi) is 8.06. The van der Waals surface area contributed by atoms with Gasteiger partial charge in [-0.1, -0.05) is 25.3 Å². The van der Waals surface area contributed by atoms with Crippen LogP contribution in [0.25, 0.3) is 0 Å². The molecule has 0 radical (unpaired) electrons. The number of nitrogens with two attached hydrogens (primary N) is 3. The molecule has 30 heavy (non-hydrogen) atoms. The largest absolute Gasteiger partial charge is 0.403 e. The Bertz CT molecular complexity index is 859. The van der Waals surface area contributed by atoms with Gasteiger partial charge in [-0.3, -0.25) is 5.84 Å². The average Bonchev–Trinajstić information content (AvgIpc) is 3.22. The van der Waals surface area contributed by atoms with Gasteiger partial charge in [0.25, 0.3) is 0 Å². The second-order valence-electron chi connectivity index (χ2n) is 7.38. The fourth-order valence-electron chi connectivity index (χ4n) is 3.61. The fraction of sp³-hybridized carbons (Fsp3) is 0.318. The second-order valence-corrected chi connectivity index (χ2v) is 7.38. The van der Waals surface area contributed by atoms with Crippen LogP contribution in [0.5, 0.6) is 0 Å². The highest BCUT2D eigenvalue weighted by atomic mass is 19.1. The number of halogens is 1. The van der Waals surface area contributed by atoms with Crippen LogP contribution in [0.4, 0.5) is 4.39 Å². The molecule has 162 valence electrons. The van der Waals surface area contributed by atoms with E-state index in [4.69, 9.17) is 22.7 Å². The molecule has 1 heterocycles. The van der Waals surface area contributed by atoms with Crippen molar-refractivity contribution in [1.29, 1.82) is 5.41 Å². The Morgan fingerprint density at radius 3 is 2.77 bits per heavy atom. The molecule has 2 rings (SSSR count). The van der Waals surface area contributed by atoms with E-state index in [-0.39, 0.29) is 11.9 Å². The number of nitrogens with one attached hydrogen (secondary N) is 3. The molecular formula is C22H32FN7. The van der Waals surface area contributed by atoms with E-state index in [0.29, 0.717) is 28.9 Å².